The Balaban J connectivity index is 1.50. The molecule has 0 atom stereocenters. The predicted octanol–water partition coefficient (Wildman–Crippen LogP) is 1.84. The van der Waals surface area contributed by atoms with Crippen LogP contribution in [0.15, 0.2) is 35.3 Å². The van der Waals surface area contributed by atoms with E-state index in [4.69, 9.17) is 4.99 Å². The zero-order valence-corrected chi connectivity index (χ0v) is 16.6. The van der Waals surface area contributed by atoms with E-state index in [-0.39, 0.29) is 0 Å². The summed E-state index contributed by atoms with van der Waals surface area (Å²) in [5.41, 5.74) is 1.39. The molecule has 7 nitrogen and oxygen atoms in total. The van der Waals surface area contributed by atoms with Crippen molar-refractivity contribution in [1.29, 1.82) is 0 Å². The maximum Gasteiger partial charge on any atom is 0.191 e. The highest BCUT2D eigenvalue weighted by Gasteiger charge is 2.20. The van der Waals surface area contributed by atoms with E-state index < -0.39 is 0 Å². The second-order valence-electron chi connectivity index (χ2n) is 7.10. The Bertz CT molecular complexity index is 730. The first-order valence-electron chi connectivity index (χ1n) is 9.81. The van der Waals surface area contributed by atoms with Gasteiger partial charge in [-0.2, -0.15) is 0 Å². The third kappa shape index (κ3) is 5.53. The molecule has 0 spiro atoms. The van der Waals surface area contributed by atoms with Crippen molar-refractivity contribution in [3.63, 3.8) is 0 Å². The Kier molecular flexibility index (Phi) is 6.81. The Morgan fingerprint density at radius 3 is 2.56 bits per heavy atom. The number of aryl methyl sites for hydroxylation is 1. The third-order valence-corrected chi connectivity index (χ3v) is 5.08. The Morgan fingerprint density at radius 1 is 1.19 bits per heavy atom. The van der Waals surface area contributed by atoms with E-state index in [2.05, 4.69) is 63.0 Å². The van der Waals surface area contributed by atoms with Crippen molar-refractivity contribution in [1.82, 2.24) is 30.3 Å². The van der Waals surface area contributed by atoms with Gasteiger partial charge in [0.05, 0.1) is 0 Å². The molecule has 1 aliphatic heterocycles. The summed E-state index contributed by atoms with van der Waals surface area (Å²) < 4.78 is 1.98. The van der Waals surface area contributed by atoms with Gasteiger partial charge in [-0.1, -0.05) is 30.3 Å². The van der Waals surface area contributed by atoms with Crippen molar-refractivity contribution in [2.24, 2.45) is 12.0 Å². The first kappa shape index (κ1) is 19.4. The van der Waals surface area contributed by atoms with Crippen LogP contribution in [-0.4, -0.2) is 51.3 Å². The molecule has 3 rings (SSSR count). The molecule has 1 aliphatic rings. The number of nitrogens with one attached hydrogen (secondary N) is 2. The van der Waals surface area contributed by atoms with Gasteiger partial charge in [-0.3, -0.25) is 4.90 Å². The van der Waals surface area contributed by atoms with E-state index >= 15 is 0 Å². The van der Waals surface area contributed by atoms with Crippen LogP contribution in [0.5, 0.6) is 0 Å². The molecule has 0 radical (unpaired) electrons. The van der Waals surface area contributed by atoms with Crippen LogP contribution in [0, 0.1) is 6.92 Å². The molecule has 1 fully saturated rings. The van der Waals surface area contributed by atoms with Gasteiger partial charge in [-0.15, -0.1) is 10.2 Å². The lowest BCUT2D eigenvalue weighted by Crippen LogP contribution is -2.48. The Labute approximate surface area is 161 Å². The smallest absolute Gasteiger partial charge is 0.191 e. The van der Waals surface area contributed by atoms with Gasteiger partial charge in [0.25, 0.3) is 0 Å². The summed E-state index contributed by atoms with van der Waals surface area (Å²) in [5, 5.41) is 15.2. The highest BCUT2D eigenvalue weighted by Crippen LogP contribution is 2.14. The van der Waals surface area contributed by atoms with Crippen LogP contribution in [0.25, 0.3) is 0 Å². The quantitative estimate of drug-likeness (QED) is 0.601. The highest BCUT2D eigenvalue weighted by atomic mass is 15.3. The fourth-order valence-corrected chi connectivity index (χ4v) is 3.33. The van der Waals surface area contributed by atoms with Crippen molar-refractivity contribution in [2.45, 2.75) is 45.8 Å². The first-order valence-corrected chi connectivity index (χ1v) is 9.81. The summed E-state index contributed by atoms with van der Waals surface area (Å²) in [6.07, 6.45) is 2.25. The first-order chi connectivity index (χ1) is 13.2. The number of hydrogen-bond acceptors (Lipinski definition) is 4. The third-order valence-electron chi connectivity index (χ3n) is 5.08. The molecule has 0 amide bonds. The summed E-state index contributed by atoms with van der Waals surface area (Å²) in [6, 6.07) is 11.2. The lowest BCUT2D eigenvalue weighted by molar-refractivity contribution is 0.198. The van der Waals surface area contributed by atoms with Crippen LogP contribution in [0.4, 0.5) is 0 Å². The molecule has 2 heterocycles. The zero-order chi connectivity index (χ0) is 19.1. The number of rotatable bonds is 6. The largest absolute Gasteiger partial charge is 0.357 e. The second kappa shape index (κ2) is 9.50. The van der Waals surface area contributed by atoms with Crippen molar-refractivity contribution >= 4 is 5.96 Å². The topological polar surface area (TPSA) is 70.4 Å². The molecular formula is C20H31N7. The number of hydrogen-bond donors (Lipinski definition) is 2. The van der Waals surface area contributed by atoms with Gasteiger partial charge in [-0.05, 0) is 32.3 Å². The van der Waals surface area contributed by atoms with Gasteiger partial charge in [0.2, 0.25) is 0 Å². The lowest BCUT2D eigenvalue weighted by atomic mass is 10.0. The van der Waals surface area contributed by atoms with Crippen LogP contribution >= 0.6 is 0 Å². The van der Waals surface area contributed by atoms with E-state index in [1.165, 1.54) is 5.56 Å². The molecule has 1 aromatic carbocycles. The van der Waals surface area contributed by atoms with Crippen molar-refractivity contribution in [3.05, 3.63) is 47.5 Å². The minimum absolute atomic E-state index is 0.455. The number of aromatic nitrogens is 3. The van der Waals surface area contributed by atoms with E-state index in [9.17, 15) is 0 Å². The Morgan fingerprint density at radius 2 is 1.93 bits per heavy atom. The molecule has 7 heteroatoms. The number of likely N-dealkylation sites (tertiary alicyclic amines) is 1. The van der Waals surface area contributed by atoms with Gasteiger partial charge >= 0.3 is 0 Å². The number of aliphatic imine (C=N–C) groups is 1. The molecule has 0 unspecified atom stereocenters. The predicted molar refractivity (Wildman–Crippen MR) is 108 cm³/mol. The minimum atomic E-state index is 0.455. The van der Waals surface area contributed by atoms with E-state index in [1.807, 2.05) is 18.5 Å². The summed E-state index contributed by atoms with van der Waals surface area (Å²) in [6.45, 7) is 8.66. The standard InChI is InChI=1S/C20H31N7/c1-4-21-20(22-14-19-25-24-16(2)26(19)3)23-18-10-12-27(13-11-18)15-17-8-6-5-7-9-17/h5-9,18H,4,10-15H2,1-3H3,(H2,21,22,23). The van der Waals surface area contributed by atoms with Crippen LogP contribution in [0.3, 0.4) is 0 Å². The molecule has 2 N–H and O–H groups in total. The monoisotopic (exact) mass is 369 g/mol. The highest BCUT2D eigenvalue weighted by molar-refractivity contribution is 5.80. The molecule has 146 valence electrons. The van der Waals surface area contributed by atoms with Gasteiger partial charge in [0, 0.05) is 39.3 Å². The molecule has 0 saturated carbocycles. The molecule has 27 heavy (non-hydrogen) atoms. The minimum Gasteiger partial charge on any atom is -0.357 e. The molecule has 1 aromatic heterocycles. The van der Waals surface area contributed by atoms with Crippen LogP contribution < -0.4 is 10.6 Å². The zero-order valence-electron chi connectivity index (χ0n) is 16.6. The van der Waals surface area contributed by atoms with Crippen LogP contribution in [-0.2, 0) is 20.1 Å². The fourth-order valence-electron chi connectivity index (χ4n) is 3.33. The van der Waals surface area contributed by atoms with Crippen molar-refractivity contribution in [3.8, 4) is 0 Å². The maximum atomic E-state index is 4.70. The molecule has 1 saturated heterocycles. The summed E-state index contributed by atoms with van der Waals surface area (Å²) in [7, 11) is 1.98. The Hall–Kier alpha value is -2.41. The van der Waals surface area contributed by atoms with Gasteiger partial charge < -0.3 is 15.2 Å². The fraction of sp³-hybridized carbons (Fsp3) is 0.550. The van der Waals surface area contributed by atoms with Crippen molar-refractivity contribution < 1.29 is 0 Å². The van der Waals surface area contributed by atoms with E-state index in [0.717, 1.165) is 56.6 Å². The van der Waals surface area contributed by atoms with Gasteiger partial charge in [0.15, 0.2) is 11.8 Å². The SMILES string of the molecule is CCNC(=NCc1nnc(C)n1C)NC1CCN(Cc2ccccc2)CC1. The number of benzene rings is 1. The van der Waals surface area contributed by atoms with Crippen LogP contribution in [0.2, 0.25) is 0 Å². The lowest BCUT2D eigenvalue weighted by Gasteiger charge is -2.33. The summed E-state index contributed by atoms with van der Waals surface area (Å²) >= 11 is 0. The van der Waals surface area contributed by atoms with Gasteiger partial charge in [0.1, 0.15) is 12.4 Å². The number of piperidine rings is 1. The molecule has 2 aromatic rings. The molecule has 0 aliphatic carbocycles. The second-order valence-corrected chi connectivity index (χ2v) is 7.10. The van der Waals surface area contributed by atoms with E-state index in [0.29, 0.717) is 12.6 Å². The summed E-state index contributed by atoms with van der Waals surface area (Å²) in [4.78, 5) is 7.22. The molecular weight excluding hydrogens is 338 g/mol. The van der Waals surface area contributed by atoms with Crippen LogP contribution in [0.1, 0.15) is 37.0 Å². The van der Waals surface area contributed by atoms with Gasteiger partial charge in [-0.25, -0.2) is 4.99 Å². The number of guanidine groups is 1. The van der Waals surface area contributed by atoms with Crippen molar-refractivity contribution in [2.75, 3.05) is 19.6 Å². The average Bonchev–Trinajstić information content (AvgIpc) is 3.01. The summed E-state index contributed by atoms with van der Waals surface area (Å²) in [5.74, 6) is 2.64. The number of nitrogens with zero attached hydrogens (tertiary/aromatic N) is 5. The molecule has 0 bridgehead atoms. The average molecular weight is 370 g/mol. The van der Waals surface area contributed by atoms with E-state index in [1.54, 1.807) is 0 Å². The maximum absolute atomic E-state index is 4.70. The normalized spacial score (nSPS) is 16.5.